The molecule has 0 spiro atoms. The van der Waals surface area contributed by atoms with Crippen molar-refractivity contribution in [3.63, 3.8) is 0 Å². The van der Waals surface area contributed by atoms with Crippen molar-refractivity contribution in [1.29, 1.82) is 0 Å². The normalized spacial score (nSPS) is 27.3. The molecule has 4 nitrogen and oxygen atoms in total. The van der Waals surface area contributed by atoms with E-state index >= 15 is 0 Å². The summed E-state index contributed by atoms with van der Waals surface area (Å²) in [7, 11) is 3.50. The number of likely N-dealkylation sites (tertiary alicyclic amines) is 1. The number of nitrogens with one attached hydrogen (secondary N) is 1. The third-order valence-electron chi connectivity index (χ3n) is 3.79. The molecule has 0 saturated carbocycles. The first-order valence-corrected chi connectivity index (χ1v) is 7.18. The number of hydrogen-bond donors (Lipinski definition) is 1. The fourth-order valence-electron chi connectivity index (χ4n) is 2.70. The minimum absolute atomic E-state index is 0.197. The molecule has 1 fully saturated rings. The molecule has 1 rings (SSSR count). The van der Waals surface area contributed by atoms with E-state index in [9.17, 15) is 0 Å². The maximum absolute atomic E-state index is 5.44. The molecule has 0 aromatic rings. The van der Waals surface area contributed by atoms with E-state index in [0.29, 0.717) is 18.6 Å². The molecule has 0 aromatic carbocycles. The molecule has 4 heteroatoms. The first kappa shape index (κ1) is 15.9. The van der Waals surface area contributed by atoms with Crippen LogP contribution >= 0.6 is 0 Å². The van der Waals surface area contributed by atoms with Gasteiger partial charge in [0.1, 0.15) is 0 Å². The highest BCUT2D eigenvalue weighted by molar-refractivity contribution is 4.83. The van der Waals surface area contributed by atoms with Crippen molar-refractivity contribution < 1.29 is 9.47 Å². The van der Waals surface area contributed by atoms with Crippen LogP contribution in [0.15, 0.2) is 0 Å². The highest BCUT2D eigenvalue weighted by atomic mass is 16.5. The van der Waals surface area contributed by atoms with Crippen LogP contribution in [0.3, 0.4) is 0 Å². The lowest BCUT2D eigenvalue weighted by atomic mass is 9.93. The van der Waals surface area contributed by atoms with Gasteiger partial charge in [-0.3, -0.25) is 0 Å². The molecule has 0 aliphatic carbocycles. The molecule has 1 heterocycles. The van der Waals surface area contributed by atoms with Crippen LogP contribution in [0.2, 0.25) is 0 Å². The van der Waals surface area contributed by atoms with E-state index in [1.165, 1.54) is 12.8 Å². The van der Waals surface area contributed by atoms with Crippen LogP contribution in [0, 0.1) is 5.92 Å². The Morgan fingerprint density at radius 2 is 2.17 bits per heavy atom. The van der Waals surface area contributed by atoms with E-state index < -0.39 is 0 Å². The van der Waals surface area contributed by atoms with Gasteiger partial charge in [0.25, 0.3) is 0 Å². The SMILES string of the molecule is CCCNC1CCN(CC(COC)OC)CC1C. The average molecular weight is 258 g/mol. The number of ether oxygens (including phenoxy) is 2. The van der Waals surface area contributed by atoms with Gasteiger partial charge in [-0.25, -0.2) is 0 Å². The Balaban J connectivity index is 2.31. The fraction of sp³-hybridized carbons (Fsp3) is 1.00. The second kappa shape index (κ2) is 8.86. The Bertz CT molecular complexity index is 214. The van der Waals surface area contributed by atoms with E-state index in [2.05, 4.69) is 24.1 Å². The summed E-state index contributed by atoms with van der Waals surface area (Å²) in [5.41, 5.74) is 0. The molecule has 1 saturated heterocycles. The molecule has 1 N–H and O–H groups in total. The predicted octanol–water partition coefficient (Wildman–Crippen LogP) is 1.36. The van der Waals surface area contributed by atoms with Crippen LogP contribution in [-0.4, -0.2) is 64.1 Å². The maximum atomic E-state index is 5.44. The molecule has 0 radical (unpaired) electrons. The minimum atomic E-state index is 0.197. The summed E-state index contributed by atoms with van der Waals surface area (Å²) in [6.07, 6.45) is 2.65. The predicted molar refractivity (Wildman–Crippen MR) is 75.0 cm³/mol. The van der Waals surface area contributed by atoms with E-state index in [4.69, 9.17) is 9.47 Å². The lowest BCUT2D eigenvalue weighted by Gasteiger charge is -2.38. The lowest BCUT2D eigenvalue weighted by molar-refractivity contribution is -0.00365. The van der Waals surface area contributed by atoms with E-state index in [-0.39, 0.29) is 6.10 Å². The van der Waals surface area contributed by atoms with Crippen molar-refractivity contribution in [3.8, 4) is 0 Å². The zero-order valence-electron chi connectivity index (χ0n) is 12.4. The van der Waals surface area contributed by atoms with E-state index in [0.717, 1.165) is 26.2 Å². The van der Waals surface area contributed by atoms with Crippen LogP contribution in [0.5, 0.6) is 0 Å². The number of hydrogen-bond acceptors (Lipinski definition) is 4. The summed E-state index contributed by atoms with van der Waals surface area (Å²) in [5.74, 6) is 0.713. The Hall–Kier alpha value is -0.160. The van der Waals surface area contributed by atoms with Crippen LogP contribution in [0.25, 0.3) is 0 Å². The summed E-state index contributed by atoms with van der Waals surface area (Å²) in [4.78, 5) is 2.50. The summed E-state index contributed by atoms with van der Waals surface area (Å²) in [5, 5.41) is 3.65. The number of rotatable bonds is 8. The molecule has 18 heavy (non-hydrogen) atoms. The second-order valence-electron chi connectivity index (χ2n) is 5.40. The van der Waals surface area contributed by atoms with Gasteiger partial charge in [0.05, 0.1) is 12.7 Å². The van der Waals surface area contributed by atoms with Crippen molar-refractivity contribution >= 4 is 0 Å². The minimum Gasteiger partial charge on any atom is -0.382 e. The third kappa shape index (κ3) is 5.22. The zero-order valence-corrected chi connectivity index (χ0v) is 12.4. The van der Waals surface area contributed by atoms with Crippen LogP contribution in [-0.2, 0) is 9.47 Å². The van der Waals surface area contributed by atoms with Gasteiger partial charge in [0.15, 0.2) is 0 Å². The molecule has 1 aliphatic rings. The summed E-state index contributed by atoms with van der Waals surface area (Å²) in [6.45, 7) is 9.69. The fourth-order valence-corrected chi connectivity index (χ4v) is 2.70. The van der Waals surface area contributed by atoms with Gasteiger partial charge in [-0.1, -0.05) is 13.8 Å². The third-order valence-corrected chi connectivity index (χ3v) is 3.79. The first-order valence-electron chi connectivity index (χ1n) is 7.18. The van der Waals surface area contributed by atoms with Gasteiger partial charge in [0, 0.05) is 33.4 Å². The van der Waals surface area contributed by atoms with E-state index in [1.54, 1.807) is 14.2 Å². The topological polar surface area (TPSA) is 33.7 Å². The molecule has 1 aliphatic heterocycles. The molecule has 108 valence electrons. The second-order valence-corrected chi connectivity index (χ2v) is 5.40. The molecule has 0 bridgehead atoms. The summed E-state index contributed by atoms with van der Waals surface area (Å²) in [6, 6.07) is 0.685. The monoisotopic (exact) mass is 258 g/mol. The standard InChI is InChI=1S/C14H30N2O2/c1-5-7-15-14-6-8-16(9-12(14)2)10-13(18-4)11-17-3/h12-15H,5-11H2,1-4H3. The molecule has 0 aromatic heterocycles. The molecular formula is C14H30N2O2. The summed E-state index contributed by atoms with van der Waals surface area (Å²) < 4.78 is 10.6. The van der Waals surface area contributed by atoms with Crippen molar-refractivity contribution in [3.05, 3.63) is 0 Å². The van der Waals surface area contributed by atoms with Crippen LogP contribution < -0.4 is 5.32 Å². The highest BCUT2D eigenvalue weighted by Gasteiger charge is 2.26. The van der Waals surface area contributed by atoms with Gasteiger partial charge >= 0.3 is 0 Å². The summed E-state index contributed by atoms with van der Waals surface area (Å²) >= 11 is 0. The van der Waals surface area contributed by atoms with E-state index in [1.807, 2.05) is 0 Å². The van der Waals surface area contributed by atoms with Gasteiger partial charge in [0.2, 0.25) is 0 Å². The quantitative estimate of drug-likeness (QED) is 0.713. The lowest BCUT2D eigenvalue weighted by Crippen LogP contribution is -2.50. The maximum Gasteiger partial charge on any atom is 0.0931 e. The van der Waals surface area contributed by atoms with Crippen molar-refractivity contribution in [2.24, 2.45) is 5.92 Å². The van der Waals surface area contributed by atoms with Crippen molar-refractivity contribution in [1.82, 2.24) is 10.2 Å². The average Bonchev–Trinajstić information content (AvgIpc) is 2.37. The molecule has 3 atom stereocenters. The largest absolute Gasteiger partial charge is 0.382 e. The van der Waals surface area contributed by atoms with Crippen molar-refractivity contribution in [2.75, 3.05) is 47.0 Å². The van der Waals surface area contributed by atoms with Gasteiger partial charge < -0.3 is 19.7 Å². The Labute approximate surface area is 112 Å². The number of piperidine rings is 1. The smallest absolute Gasteiger partial charge is 0.0931 e. The molecule has 0 amide bonds. The van der Waals surface area contributed by atoms with Gasteiger partial charge in [-0.05, 0) is 31.8 Å². The zero-order chi connectivity index (χ0) is 13.4. The first-order chi connectivity index (χ1) is 8.71. The Morgan fingerprint density at radius 1 is 1.39 bits per heavy atom. The van der Waals surface area contributed by atoms with Crippen molar-refractivity contribution in [2.45, 2.75) is 38.8 Å². The van der Waals surface area contributed by atoms with Crippen LogP contribution in [0.4, 0.5) is 0 Å². The molecular weight excluding hydrogens is 228 g/mol. The number of nitrogens with zero attached hydrogens (tertiary/aromatic N) is 1. The van der Waals surface area contributed by atoms with Crippen LogP contribution in [0.1, 0.15) is 26.7 Å². The van der Waals surface area contributed by atoms with Gasteiger partial charge in [-0.2, -0.15) is 0 Å². The molecule has 3 unspecified atom stereocenters. The Kier molecular flexibility index (Phi) is 7.82. The highest BCUT2D eigenvalue weighted by Crippen LogP contribution is 2.17. The Morgan fingerprint density at radius 3 is 2.72 bits per heavy atom. The number of methoxy groups -OCH3 is 2. The van der Waals surface area contributed by atoms with Gasteiger partial charge in [-0.15, -0.1) is 0 Å².